The second-order valence-corrected chi connectivity index (χ2v) is 6.17. The average molecular weight is 420 g/mol. The molecular formula is C14H16Br2N2O3. The van der Waals surface area contributed by atoms with Gasteiger partial charge < -0.3 is 14.6 Å². The van der Waals surface area contributed by atoms with E-state index in [0.717, 1.165) is 25.9 Å². The van der Waals surface area contributed by atoms with E-state index in [-0.39, 0.29) is 6.61 Å². The number of halogens is 2. The number of aromatic nitrogens is 2. The Labute approximate surface area is 140 Å². The van der Waals surface area contributed by atoms with E-state index < -0.39 is 0 Å². The molecule has 0 radical (unpaired) electrons. The Kier molecular flexibility index (Phi) is 5.29. The van der Waals surface area contributed by atoms with E-state index in [9.17, 15) is 5.11 Å². The van der Waals surface area contributed by atoms with Crippen molar-refractivity contribution in [3.8, 4) is 11.5 Å². The van der Waals surface area contributed by atoms with Crippen LogP contribution in [0.3, 0.4) is 0 Å². The lowest BCUT2D eigenvalue weighted by Crippen LogP contribution is -2.05. The van der Waals surface area contributed by atoms with Crippen LogP contribution >= 0.6 is 31.9 Å². The molecule has 0 aliphatic carbocycles. The summed E-state index contributed by atoms with van der Waals surface area (Å²) in [5, 5.41) is 13.6. The topological polar surface area (TPSA) is 56.5 Å². The van der Waals surface area contributed by atoms with Crippen molar-refractivity contribution in [3.05, 3.63) is 38.0 Å². The van der Waals surface area contributed by atoms with Crippen LogP contribution in [-0.2, 0) is 20.3 Å². The molecule has 7 heteroatoms. The quantitative estimate of drug-likeness (QED) is 0.807. The highest BCUT2D eigenvalue weighted by molar-refractivity contribution is 9.10. The summed E-state index contributed by atoms with van der Waals surface area (Å²) in [6.07, 6.45) is 0. The molecule has 0 spiro atoms. The van der Waals surface area contributed by atoms with Gasteiger partial charge in [-0.15, -0.1) is 0 Å². The van der Waals surface area contributed by atoms with E-state index in [1.165, 1.54) is 0 Å². The summed E-state index contributed by atoms with van der Waals surface area (Å²) >= 11 is 6.96. The molecule has 0 saturated heterocycles. The summed E-state index contributed by atoms with van der Waals surface area (Å²) in [5.41, 5.74) is 2.61. The molecule has 0 aliphatic heterocycles. The highest BCUT2D eigenvalue weighted by atomic mass is 79.9. The smallest absolute Gasteiger partial charge is 0.175 e. The van der Waals surface area contributed by atoms with Crippen LogP contribution in [0.1, 0.15) is 17.0 Å². The van der Waals surface area contributed by atoms with Crippen molar-refractivity contribution in [1.29, 1.82) is 0 Å². The number of ether oxygens (including phenoxy) is 2. The molecule has 2 rings (SSSR count). The number of benzene rings is 1. The number of hydrogen-bond acceptors (Lipinski definition) is 4. The largest absolute Gasteiger partial charge is 0.493 e. The number of methoxy groups -OCH3 is 1. The number of hydrogen-bond donors (Lipinski definition) is 1. The molecule has 1 aromatic carbocycles. The van der Waals surface area contributed by atoms with Gasteiger partial charge in [0.25, 0.3) is 0 Å². The third-order valence-electron chi connectivity index (χ3n) is 3.09. The highest BCUT2D eigenvalue weighted by Crippen LogP contribution is 2.37. The van der Waals surface area contributed by atoms with Gasteiger partial charge in [-0.1, -0.05) is 0 Å². The first-order chi connectivity index (χ1) is 9.97. The minimum Gasteiger partial charge on any atom is -0.493 e. The predicted octanol–water partition coefficient (Wildman–Crippen LogP) is 3.33. The van der Waals surface area contributed by atoms with Gasteiger partial charge >= 0.3 is 0 Å². The molecule has 2 aromatic rings. The molecule has 1 aromatic heterocycles. The van der Waals surface area contributed by atoms with Crippen molar-refractivity contribution in [2.75, 3.05) is 7.11 Å². The Hall–Kier alpha value is -1.05. The Morgan fingerprint density at radius 3 is 2.57 bits per heavy atom. The van der Waals surface area contributed by atoms with E-state index in [4.69, 9.17) is 9.47 Å². The Bertz CT molecular complexity index is 656. The minimum atomic E-state index is -0.0539. The normalized spacial score (nSPS) is 10.8. The maximum atomic E-state index is 9.22. The summed E-state index contributed by atoms with van der Waals surface area (Å²) in [5.74, 6) is 1.17. The van der Waals surface area contributed by atoms with Crippen LogP contribution in [0.4, 0.5) is 0 Å². The number of rotatable bonds is 5. The fourth-order valence-electron chi connectivity index (χ4n) is 1.98. The fraction of sp³-hybridized carbons (Fsp3) is 0.357. The van der Waals surface area contributed by atoms with Crippen LogP contribution in [0.5, 0.6) is 11.5 Å². The summed E-state index contributed by atoms with van der Waals surface area (Å²) in [6, 6.07) is 3.56. The number of nitrogens with zero attached hydrogens (tertiary/aromatic N) is 2. The molecule has 1 heterocycles. The van der Waals surface area contributed by atoms with Crippen LogP contribution in [0, 0.1) is 6.92 Å². The van der Waals surface area contributed by atoms with Crippen molar-refractivity contribution in [3.63, 3.8) is 0 Å². The zero-order valence-corrected chi connectivity index (χ0v) is 15.2. The lowest BCUT2D eigenvalue weighted by molar-refractivity contribution is 0.268. The Morgan fingerprint density at radius 1 is 1.33 bits per heavy atom. The predicted molar refractivity (Wildman–Crippen MR) is 86.6 cm³/mol. The molecular weight excluding hydrogens is 404 g/mol. The number of aryl methyl sites for hydroxylation is 2. The van der Waals surface area contributed by atoms with Crippen molar-refractivity contribution >= 4 is 31.9 Å². The van der Waals surface area contributed by atoms with Crippen LogP contribution in [-0.4, -0.2) is 22.0 Å². The molecule has 0 aliphatic rings. The van der Waals surface area contributed by atoms with Crippen LogP contribution < -0.4 is 9.47 Å². The summed E-state index contributed by atoms with van der Waals surface area (Å²) < 4.78 is 14.7. The molecule has 0 amide bonds. The van der Waals surface area contributed by atoms with E-state index >= 15 is 0 Å². The third-order valence-corrected chi connectivity index (χ3v) is 4.71. The van der Waals surface area contributed by atoms with Gasteiger partial charge in [0.05, 0.1) is 34.0 Å². The number of aliphatic hydroxyl groups excluding tert-OH is 1. The molecule has 5 nitrogen and oxygen atoms in total. The van der Waals surface area contributed by atoms with Gasteiger partial charge in [0.15, 0.2) is 11.5 Å². The third kappa shape index (κ3) is 3.41. The molecule has 0 fully saturated rings. The highest BCUT2D eigenvalue weighted by Gasteiger charge is 2.15. The van der Waals surface area contributed by atoms with Gasteiger partial charge in [-0.25, -0.2) is 0 Å². The van der Waals surface area contributed by atoms with E-state index in [1.807, 2.05) is 14.0 Å². The first-order valence-corrected chi connectivity index (χ1v) is 7.84. The van der Waals surface area contributed by atoms with Gasteiger partial charge in [0, 0.05) is 7.05 Å². The first kappa shape index (κ1) is 16.3. The van der Waals surface area contributed by atoms with Gasteiger partial charge in [-0.3, -0.25) is 4.68 Å². The van der Waals surface area contributed by atoms with Gasteiger partial charge in [-0.05, 0) is 56.5 Å². The maximum absolute atomic E-state index is 9.22. The molecule has 0 bridgehead atoms. The standard InChI is InChI=1S/C14H16Br2N2O3/c1-8-13(16)11(18(2)17-8)7-21-14-10(15)4-9(6-19)5-12(14)20-3/h4-5,19H,6-7H2,1-3H3. The Morgan fingerprint density at radius 2 is 2.05 bits per heavy atom. The zero-order valence-electron chi connectivity index (χ0n) is 12.0. The zero-order chi connectivity index (χ0) is 15.6. The maximum Gasteiger partial charge on any atom is 0.175 e. The molecule has 114 valence electrons. The lowest BCUT2D eigenvalue weighted by atomic mass is 10.2. The minimum absolute atomic E-state index is 0.0539. The van der Waals surface area contributed by atoms with Gasteiger partial charge in [-0.2, -0.15) is 5.10 Å². The van der Waals surface area contributed by atoms with Gasteiger partial charge in [0.1, 0.15) is 6.61 Å². The van der Waals surface area contributed by atoms with Gasteiger partial charge in [0.2, 0.25) is 0 Å². The van der Waals surface area contributed by atoms with Crippen LogP contribution in [0.2, 0.25) is 0 Å². The second kappa shape index (κ2) is 6.81. The molecule has 1 N–H and O–H groups in total. The van der Waals surface area contributed by atoms with Crippen molar-refractivity contribution in [2.24, 2.45) is 7.05 Å². The number of aliphatic hydroxyl groups is 1. The fourth-order valence-corrected chi connectivity index (χ4v) is 3.04. The van der Waals surface area contributed by atoms with Crippen molar-refractivity contribution < 1.29 is 14.6 Å². The van der Waals surface area contributed by atoms with E-state index in [0.29, 0.717) is 18.1 Å². The second-order valence-electron chi connectivity index (χ2n) is 4.53. The van der Waals surface area contributed by atoms with Crippen molar-refractivity contribution in [2.45, 2.75) is 20.1 Å². The molecule has 21 heavy (non-hydrogen) atoms. The summed E-state index contributed by atoms with van der Waals surface area (Å²) in [7, 11) is 3.44. The summed E-state index contributed by atoms with van der Waals surface area (Å²) in [6.45, 7) is 2.23. The molecule has 0 unspecified atom stereocenters. The Balaban J connectivity index is 2.27. The van der Waals surface area contributed by atoms with Crippen molar-refractivity contribution in [1.82, 2.24) is 9.78 Å². The van der Waals surface area contributed by atoms with E-state index in [2.05, 4.69) is 37.0 Å². The first-order valence-electron chi connectivity index (χ1n) is 6.26. The SMILES string of the molecule is COc1cc(CO)cc(Br)c1OCc1c(Br)c(C)nn1C. The average Bonchev–Trinajstić information content (AvgIpc) is 2.70. The molecule has 0 saturated carbocycles. The lowest BCUT2D eigenvalue weighted by Gasteiger charge is -2.14. The van der Waals surface area contributed by atoms with Crippen LogP contribution in [0.25, 0.3) is 0 Å². The van der Waals surface area contributed by atoms with Crippen LogP contribution in [0.15, 0.2) is 21.1 Å². The summed E-state index contributed by atoms with van der Waals surface area (Å²) in [4.78, 5) is 0. The van der Waals surface area contributed by atoms with E-state index in [1.54, 1.807) is 23.9 Å². The molecule has 0 atom stereocenters. The monoisotopic (exact) mass is 418 g/mol.